The molecule has 6 nitrogen and oxygen atoms in total. The molecule has 2 aromatic rings. The van der Waals surface area contributed by atoms with Crippen molar-refractivity contribution in [2.75, 3.05) is 19.6 Å². The maximum Gasteiger partial charge on any atom is 0.253 e. The van der Waals surface area contributed by atoms with E-state index in [0.29, 0.717) is 22.9 Å². The number of benzene rings is 1. The normalized spacial score (nSPS) is 23.9. The van der Waals surface area contributed by atoms with E-state index in [2.05, 4.69) is 22.5 Å². The Hall–Kier alpha value is -2.80. The van der Waals surface area contributed by atoms with Gasteiger partial charge in [-0.1, -0.05) is 12.1 Å². The molecule has 1 aliphatic carbocycles. The molecular weight excluding hydrogens is 395 g/mol. The Morgan fingerprint density at radius 3 is 2.65 bits per heavy atom. The van der Waals surface area contributed by atoms with Gasteiger partial charge in [-0.15, -0.1) is 0 Å². The highest BCUT2D eigenvalue weighted by Gasteiger charge is 2.31. The third kappa shape index (κ3) is 5.28. The van der Waals surface area contributed by atoms with E-state index >= 15 is 0 Å². The number of rotatable bonds is 4. The van der Waals surface area contributed by atoms with E-state index < -0.39 is 0 Å². The molecule has 7 heteroatoms. The lowest BCUT2D eigenvalue weighted by atomic mass is 9.85. The summed E-state index contributed by atoms with van der Waals surface area (Å²) in [5.74, 6) is -0.161. The molecule has 1 aliphatic heterocycles. The van der Waals surface area contributed by atoms with Gasteiger partial charge in [-0.3, -0.25) is 14.6 Å². The first kappa shape index (κ1) is 21.4. The molecule has 2 amide bonds. The van der Waals surface area contributed by atoms with Crippen LogP contribution in [0.3, 0.4) is 0 Å². The number of piperazine rings is 1. The summed E-state index contributed by atoms with van der Waals surface area (Å²) in [6.45, 7) is 4.50. The fraction of sp³-hybridized carbons (Fsp3) is 0.458. The van der Waals surface area contributed by atoms with Crippen molar-refractivity contribution in [2.45, 2.75) is 44.7 Å². The van der Waals surface area contributed by atoms with Gasteiger partial charge in [0.2, 0.25) is 5.91 Å². The van der Waals surface area contributed by atoms with Crippen molar-refractivity contribution in [1.82, 2.24) is 20.5 Å². The van der Waals surface area contributed by atoms with Gasteiger partial charge in [0.15, 0.2) is 0 Å². The fourth-order valence-corrected chi connectivity index (χ4v) is 4.49. The van der Waals surface area contributed by atoms with Crippen molar-refractivity contribution in [3.05, 3.63) is 54.0 Å². The highest BCUT2D eigenvalue weighted by molar-refractivity contribution is 5.94. The Morgan fingerprint density at radius 2 is 1.97 bits per heavy atom. The van der Waals surface area contributed by atoms with Crippen LogP contribution in [0.5, 0.6) is 0 Å². The first-order valence-corrected chi connectivity index (χ1v) is 11.0. The van der Waals surface area contributed by atoms with Crippen molar-refractivity contribution in [3.8, 4) is 11.3 Å². The van der Waals surface area contributed by atoms with Gasteiger partial charge in [0, 0.05) is 49.4 Å². The summed E-state index contributed by atoms with van der Waals surface area (Å²) in [6.07, 6.45) is 4.74. The minimum absolute atomic E-state index is 0.0608. The Labute approximate surface area is 182 Å². The maximum atomic E-state index is 13.4. The first-order valence-electron chi connectivity index (χ1n) is 11.0. The summed E-state index contributed by atoms with van der Waals surface area (Å²) in [4.78, 5) is 31.7. The van der Waals surface area contributed by atoms with E-state index in [-0.39, 0.29) is 29.6 Å². The van der Waals surface area contributed by atoms with E-state index in [9.17, 15) is 14.0 Å². The lowest BCUT2D eigenvalue weighted by Crippen LogP contribution is -2.53. The molecule has 1 saturated carbocycles. The molecule has 1 aromatic carbocycles. The van der Waals surface area contributed by atoms with Crippen LogP contribution in [0.4, 0.5) is 4.39 Å². The van der Waals surface area contributed by atoms with Crippen molar-refractivity contribution in [2.24, 2.45) is 5.92 Å². The number of amides is 2. The van der Waals surface area contributed by atoms with E-state index in [4.69, 9.17) is 0 Å². The molecule has 2 heterocycles. The van der Waals surface area contributed by atoms with Crippen LogP contribution in [-0.2, 0) is 4.79 Å². The van der Waals surface area contributed by atoms with Crippen molar-refractivity contribution in [3.63, 3.8) is 0 Å². The largest absolute Gasteiger partial charge is 0.349 e. The number of pyridine rings is 1. The highest BCUT2D eigenvalue weighted by atomic mass is 19.1. The molecule has 0 unspecified atom stereocenters. The van der Waals surface area contributed by atoms with Gasteiger partial charge in [-0.2, -0.15) is 0 Å². The number of hydrogen-bond donors (Lipinski definition) is 2. The molecule has 2 aliphatic rings. The lowest BCUT2D eigenvalue weighted by molar-refractivity contribution is -0.137. The van der Waals surface area contributed by atoms with Gasteiger partial charge < -0.3 is 15.5 Å². The monoisotopic (exact) mass is 424 g/mol. The summed E-state index contributed by atoms with van der Waals surface area (Å²) >= 11 is 0. The smallest absolute Gasteiger partial charge is 0.253 e. The second-order valence-corrected chi connectivity index (χ2v) is 8.60. The Morgan fingerprint density at radius 1 is 1.16 bits per heavy atom. The second-order valence-electron chi connectivity index (χ2n) is 8.60. The summed E-state index contributed by atoms with van der Waals surface area (Å²) in [6, 6.07) is 10.1. The Bertz CT molecular complexity index is 925. The van der Waals surface area contributed by atoms with Gasteiger partial charge in [0.25, 0.3) is 5.91 Å². The predicted octanol–water partition coefficient (Wildman–Crippen LogP) is 3.00. The van der Waals surface area contributed by atoms with Gasteiger partial charge in [0.1, 0.15) is 5.82 Å². The number of nitrogens with one attached hydrogen (secondary N) is 2. The maximum absolute atomic E-state index is 13.4. The summed E-state index contributed by atoms with van der Waals surface area (Å²) in [5.41, 5.74) is 1.78. The van der Waals surface area contributed by atoms with Crippen molar-refractivity contribution in [1.29, 1.82) is 0 Å². The van der Waals surface area contributed by atoms with E-state index in [0.717, 1.165) is 45.3 Å². The average molecular weight is 425 g/mol. The zero-order valence-electron chi connectivity index (χ0n) is 17.8. The molecule has 0 radical (unpaired) electrons. The third-order valence-electron chi connectivity index (χ3n) is 6.24. The molecule has 1 saturated heterocycles. The van der Waals surface area contributed by atoms with Crippen molar-refractivity contribution >= 4 is 11.8 Å². The molecule has 4 rings (SSSR count). The Kier molecular flexibility index (Phi) is 6.61. The fourth-order valence-electron chi connectivity index (χ4n) is 4.49. The van der Waals surface area contributed by atoms with E-state index in [1.54, 1.807) is 24.3 Å². The highest BCUT2D eigenvalue weighted by Crippen LogP contribution is 2.27. The Balaban J connectivity index is 1.28. The number of aromatic nitrogens is 1. The molecular formula is C24H29FN4O2. The second kappa shape index (κ2) is 9.56. The molecule has 2 N–H and O–H groups in total. The number of nitrogens with zero attached hydrogens (tertiary/aromatic N) is 2. The first-order chi connectivity index (χ1) is 15.0. The molecule has 1 aromatic heterocycles. The average Bonchev–Trinajstić information content (AvgIpc) is 2.79. The van der Waals surface area contributed by atoms with Crippen LogP contribution in [-0.4, -0.2) is 53.4 Å². The lowest BCUT2D eigenvalue weighted by Gasteiger charge is -2.36. The zero-order chi connectivity index (χ0) is 21.8. The molecule has 31 heavy (non-hydrogen) atoms. The molecule has 164 valence electrons. The van der Waals surface area contributed by atoms with Crippen LogP contribution in [0.1, 0.15) is 43.0 Å². The topological polar surface area (TPSA) is 74.3 Å². The van der Waals surface area contributed by atoms with Gasteiger partial charge in [-0.05, 0) is 56.9 Å². The predicted molar refractivity (Wildman–Crippen MR) is 117 cm³/mol. The van der Waals surface area contributed by atoms with Gasteiger partial charge in [0.05, 0.1) is 11.3 Å². The van der Waals surface area contributed by atoms with E-state index in [1.165, 1.54) is 18.3 Å². The van der Waals surface area contributed by atoms with Crippen LogP contribution >= 0.6 is 0 Å². The van der Waals surface area contributed by atoms with Crippen LogP contribution < -0.4 is 10.6 Å². The number of hydrogen-bond acceptors (Lipinski definition) is 4. The zero-order valence-corrected chi connectivity index (χ0v) is 17.8. The number of carbonyl (C=O) groups excluding carboxylic acids is 2. The van der Waals surface area contributed by atoms with Crippen LogP contribution in [0.15, 0.2) is 42.6 Å². The van der Waals surface area contributed by atoms with Gasteiger partial charge in [-0.25, -0.2) is 4.39 Å². The third-order valence-corrected chi connectivity index (χ3v) is 6.24. The minimum Gasteiger partial charge on any atom is -0.349 e. The minimum atomic E-state index is -0.318. The quantitative estimate of drug-likeness (QED) is 0.791. The molecule has 0 spiro atoms. The SMILES string of the molecule is C[C@@H]1CN(C(=O)[C@H]2CC[C@H](NC(=O)c3ccc(-c4cccc(F)c4)nc3)CC2)CCN1. The summed E-state index contributed by atoms with van der Waals surface area (Å²) in [7, 11) is 0. The number of carbonyl (C=O) groups is 2. The van der Waals surface area contributed by atoms with Crippen molar-refractivity contribution < 1.29 is 14.0 Å². The van der Waals surface area contributed by atoms with Gasteiger partial charge >= 0.3 is 0 Å². The summed E-state index contributed by atoms with van der Waals surface area (Å²) < 4.78 is 13.4. The molecule has 2 fully saturated rings. The van der Waals surface area contributed by atoms with Crippen LogP contribution in [0.25, 0.3) is 11.3 Å². The van der Waals surface area contributed by atoms with E-state index in [1.807, 2.05) is 4.90 Å². The van der Waals surface area contributed by atoms with Crippen LogP contribution in [0, 0.1) is 11.7 Å². The molecule has 1 atom stereocenters. The number of halogens is 1. The standard InChI is InChI=1S/C24H29FN4O2/c1-16-15-29(12-11-26-16)24(31)17-5-8-21(9-6-17)28-23(30)19-7-10-22(27-14-19)18-3-2-4-20(25)13-18/h2-4,7,10,13-14,16-17,21,26H,5-6,8-9,11-12,15H2,1H3,(H,28,30)/t16-,17-,21-/m1/s1. The van der Waals surface area contributed by atoms with Crippen LogP contribution in [0.2, 0.25) is 0 Å². The molecule has 0 bridgehead atoms. The summed E-state index contributed by atoms with van der Waals surface area (Å²) in [5, 5.41) is 6.44.